The number of benzene rings is 1. The van der Waals surface area contributed by atoms with Crippen LogP contribution in [0.4, 0.5) is 4.79 Å². The third kappa shape index (κ3) is 7.62. The van der Waals surface area contributed by atoms with Crippen molar-refractivity contribution in [3.05, 3.63) is 29.8 Å². The van der Waals surface area contributed by atoms with Crippen LogP contribution in [0.1, 0.15) is 66.0 Å². The summed E-state index contributed by atoms with van der Waals surface area (Å²) in [6, 6.07) is 4.22. The van der Waals surface area contributed by atoms with Crippen molar-refractivity contribution in [2.75, 3.05) is 5.75 Å². The first-order chi connectivity index (χ1) is 14.7. The van der Waals surface area contributed by atoms with E-state index in [9.17, 15) is 19.5 Å². The maximum atomic E-state index is 13.6. The molecule has 1 aliphatic rings. The number of carbonyl (C=O) groups is 3. The summed E-state index contributed by atoms with van der Waals surface area (Å²) in [7, 11) is 0. The average Bonchev–Trinajstić information content (AvgIpc) is 3.45. The summed E-state index contributed by atoms with van der Waals surface area (Å²) >= 11 is 4.26. The molecule has 32 heavy (non-hydrogen) atoms. The Morgan fingerprint density at radius 2 is 1.81 bits per heavy atom. The van der Waals surface area contributed by atoms with Crippen LogP contribution in [0.25, 0.3) is 0 Å². The minimum atomic E-state index is -0.976. The molecular weight excluding hydrogens is 430 g/mol. The first-order valence-electron chi connectivity index (χ1n) is 10.8. The van der Waals surface area contributed by atoms with Gasteiger partial charge in [0.1, 0.15) is 23.4 Å². The molecule has 1 fully saturated rings. The Hall–Kier alpha value is -2.42. The zero-order valence-corrected chi connectivity index (χ0v) is 20.5. The van der Waals surface area contributed by atoms with Gasteiger partial charge < -0.3 is 25.4 Å². The van der Waals surface area contributed by atoms with E-state index in [1.165, 1.54) is 17.0 Å². The van der Waals surface area contributed by atoms with E-state index in [-0.39, 0.29) is 23.5 Å². The minimum absolute atomic E-state index is 0.00289. The molecule has 2 atom stereocenters. The quantitative estimate of drug-likeness (QED) is 0.463. The van der Waals surface area contributed by atoms with Crippen LogP contribution in [0.5, 0.6) is 5.75 Å². The predicted octanol–water partition coefficient (Wildman–Crippen LogP) is 3.16. The number of hydrogen-bond acceptors (Lipinski definition) is 6. The number of ether oxygens (including phenoxy) is 1. The summed E-state index contributed by atoms with van der Waals surface area (Å²) in [5.74, 6) is -0.754. The van der Waals surface area contributed by atoms with Crippen molar-refractivity contribution in [2.24, 2.45) is 0 Å². The molecule has 1 aromatic carbocycles. The molecule has 1 aliphatic carbocycles. The number of amides is 3. The molecule has 8 nitrogen and oxygen atoms in total. The van der Waals surface area contributed by atoms with E-state index in [2.05, 4.69) is 23.3 Å². The first-order valence-corrected chi connectivity index (χ1v) is 11.4. The Morgan fingerprint density at radius 1 is 1.19 bits per heavy atom. The van der Waals surface area contributed by atoms with Crippen LogP contribution in [0.2, 0.25) is 0 Å². The Morgan fingerprint density at radius 3 is 2.28 bits per heavy atom. The average molecular weight is 466 g/mol. The fourth-order valence-corrected chi connectivity index (χ4v) is 3.50. The second-order valence-electron chi connectivity index (χ2n) is 10.1. The zero-order chi connectivity index (χ0) is 24.3. The maximum Gasteiger partial charge on any atom is 0.408 e. The lowest BCUT2D eigenvalue weighted by Crippen LogP contribution is -2.55. The zero-order valence-electron chi connectivity index (χ0n) is 19.6. The topological polar surface area (TPSA) is 108 Å². The van der Waals surface area contributed by atoms with Crippen LogP contribution in [0.15, 0.2) is 24.3 Å². The van der Waals surface area contributed by atoms with Crippen LogP contribution < -0.4 is 10.6 Å². The highest BCUT2D eigenvalue weighted by molar-refractivity contribution is 7.80. The number of phenolic OH excluding ortho intramolecular Hbond substituents is 1. The minimum Gasteiger partial charge on any atom is -0.508 e. The molecule has 1 aromatic rings. The normalized spacial score (nSPS) is 16.0. The predicted molar refractivity (Wildman–Crippen MR) is 126 cm³/mol. The van der Waals surface area contributed by atoms with Gasteiger partial charge in [-0.25, -0.2) is 4.79 Å². The second kappa shape index (κ2) is 10.0. The number of phenols is 1. The van der Waals surface area contributed by atoms with Gasteiger partial charge in [-0.2, -0.15) is 12.6 Å². The fraction of sp³-hybridized carbons (Fsp3) is 0.609. The number of carbonyl (C=O) groups excluding carboxylic acids is 3. The highest BCUT2D eigenvalue weighted by atomic mass is 32.1. The van der Waals surface area contributed by atoms with Gasteiger partial charge in [-0.15, -0.1) is 0 Å². The lowest BCUT2D eigenvalue weighted by atomic mass is 10.0. The van der Waals surface area contributed by atoms with Crippen molar-refractivity contribution in [1.29, 1.82) is 0 Å². The van der Waals surface area contributed by atoms with Crippen LogP contribution in [0.3, 0.4) is 0 Å². The third-order valence-corrected chi connectivity index (χ3v) is 4.94. The molecule has 3 amide bonds. The molecule has 0 spiro atoms. The van der Waals surface area contributed by atoms with Crippen LogP contribution in [-0.4, -0.2) is 56.9 Å². The Balaban J connectivity index is 2.39. The molecule has 0 aromatic heterocycles. The smallest absolute Gasteiger partial charge is 0.408 e. The molecule has 0 bridgehead atoms. The van der Waals surface area contributed by atoms with E-state index < -0.39 is 35.2 Å². The number of rotatable bonds is 7. The molecule has 2 rings (SSSR count). The van der Waals surface area contributed by atoms with Crippen molar-refractivity contribution in [2.45, 2.75) is 83.6 Å². The van der Waals surface area contributed by atoms with Gasteiger partial charge in [-0.3, -0.25) is 9.59 Å². The lowest BCUT2D eigenvalue weighted by molar-refractivity contribution is -0.143. The van der Waals surface area contributed by atoms with Gasteiger partial charge in [0.2, 0.25) is 11.8 Å². The second-order valence-corrected chi connectivity index (χ2v) is 10.5. The highest BCUT2D eigenvalue weighted by Gasteiger charge is 2.44. The molecule has 0 radical (unpaired) electrons. The molecule has 9 heteroatoms. The standard InChI is InChI=1S/C23H35N3O5S/c1-22(2,3)25-19(28)18(14-8-7-9-16(27)12-14)26(15-10-11-15)20(29)17(13-32)24-21(30)31-23(4,5)6/h7-9,12,15,17-18,27,32H,10-11,13H2,1-6H3,(H,24,30)(H,25,28). The monoisotopic (exact) mass is 465 g/mol. The molecular formula is C23H35N3O5S. The highest BCUT2D eigenvalue weighted by Crippen LogP contribution is 2.36. The molecule has 0 aliphatic heterocycles. The number of alkyl carbamates (subject to hydrolysis) is 1. The number of thiol groups is 1. The molecule has 3 N–H and O–H groups in total. The molecule has 2 unspecified atom stereocenters. The van der Waals surface area contributed by atoms with Crippen molar-refractivity contribution < 1.29 is 24.2 Å². The van der Waals surface area contributed by atoms with Gasteiger partial charge in [-0.1, -0.05) is 12.1 Å². The van der Waals surface area contributed by atoms with Gasteiger partial charge >= 0.3 is 6.09 Å². The molecule has 0 heterocycles. The fourth-order valence-electron chi connectivity index (χ4n) is 3.26. The summed E-state index contributed by atoms with van der Waals surface area (Å²) in [5, 5.41) is 15.5. The van der Waals surface area contributed by atoms with E-state index >= 15 is 0 Å². The van der Waals surface area contributed by atoms with Gasteiger partial charge in [0, 0.05) is 17.3 Å². The SMILES string of the molecule is CC(C)(C)NC(=O)C(c1cccc(O)c1)N(C(=O)C(CS)NC(=O)OC(C)(C)C)C1CC1. The first kappa shape index (κ1) is 25.8. The Bertz CT molecular complexity index is 843. The summed E-state index contributed by atoms with van der Waals surface area (Å²) in [5.41, 5.74) is -0.759. The van der Waals surface area contributed by atoms with E-state index in [0.717, 1.165) is 12.8 Å². The van der Waals surface area contributed by atoms with Gasteiger partial charge in [0.05, 0.1) is 0 Å². The van der Waals surface area contributed by atoms with E-state index in [1.807, 2.05) is 20.8 Å². The van der Waals surface area contributed by atoms with Crippen LogP contribution in [-0.2, 0) is 14.3 Å². The van der Waals surface area contributed by atoms with Crippen molar-refractivity contribution in [3.63, 3.8) is 0 Å². The van der Waals surface area contributed by atoms with Crippen LogP contribution >= 0.6 is 12.6 Å². The van der Waals surface area contributed by atoms with Crippen LogP contribution in [0, 0.1) is 0 Å². The lowest BCUT2D eigenvalue weighted by Gasteiger charge is -2.36. The third-order valence-electron chi connectivity index (χ3n) is 4.58. The Kier molecular flexibility index (Phi) is 8.09. The Labute approximate surface area is 195 Å². The number of hydrogen-bond donors (Lipinski definition) is 4. The van der Waals surface area contributed by atoms with E-state index in [1.54, 1.807) is 32.9 Å². The summed E-state index contributed by atoms with van der Waals surface area (Å²) in [6.07, 6.45) is 0.763. The molecule has 178 valence electrons. The summed E-state index contributed by atoms with van der Waals surface area (Å²) in [4.78, 5) is 40.7. The molecule has 1 saturated carbocycles. The number of nitrogens with one attached hydrogen (secondary N) is 2. The molecule has 0 saturated heterocycles. The number of aromatic hydroxyl groups is 1. The number of nitrogens with zero attached hydrogens (tertiary/aromatic N) is 1. The van der Waals surface area contributed by atoms with Crippen molar-refractivity contribution in [1.82, 2.24) is 15.5 Å². The summed E-state index contributed by atoms with van der Waals surface area (Å²) < 4.78 is 5.28. The van der Waals surface area contributed by atoms with Crippen molar-refractivity contribution >= 4 is 30.5 Å². The van der Waals surface area contributed by atoms with E-state index in [0.29, 0.717) is 5.56 Å². The van der Waals surface area contributed by atoms with Gasteiger partial charge in [0.25, 0.3) is 0 Å². The van der Waals surface area contributed by atoms with Gasteiger partial charge in [-0.05, 0) is 72.1 Å². The maximum absolute atomic E-state index is 13.6. The largest absolute Gasteiger partial charge is 0.508 e. The van der Waals surface area contributed by atoms with E-state index in [4.69, 9.17) is 4.74 Å². The summed E-state index contributed by atoms with van der Waals surface area (Å²) in [6.45, 7) is 10.8. The van der Waals surface area contributed by atoms with Gasteiger partial charge in [0.15, 0.2) is 0 Å². The van der Waals surface area contributed by atoms with Crippen molar-refractivity contribution in [3.8, 4) is 5.75 Å².